The summed E-state index contributed by atoms with van der Waals surface area (Å²) in [5.74, 6) is 0. The molecule has 10 rings (SSSR count). The van der Waals surface area contributed by atoms with E-state index in [1.165, 1.54) is 76.8 Å². The molecule has 55 heavy (non-hydrogen) atoms. The molecule has 0 saturated heterocycles. The van der Waals surface area contributed by atoms with Crippen LogP contribution in [0.1, 0.15) is 0 Å². The predicted molar refractivity (Wildman–Crippen MR) is 235 cm³/mol. The van der Waals surface area contributed by atoms with E-state index in [4.69, 9.17) is 0 Å². The summed E-state index contributed by atoms with van der Waals surface area (Å²) in [5, 5.41) is 7.65. The third-order valence-corrected chi connectivity index (χ3v) is 10.9. The highest BCUT2D eigenvalue weighted by Gasteiger charge is 2.16. The van der Waals surface area contributed by atoms with Crippen LogP contribution in [0.25, 0.3) is 76.8 Å². The van der Waals surface area contributed by atoms with E-state index in [1.807, 2.05) is 0 Å². The molecule has 0 saturated carbocycles. The van der Waals surface area contributed by atoms with Gasteiger partial charge in [0.25, 0.3) is 0 Å². The van der Waals surface area contributed by atoms with Crippen molar-refractivity contribution in [3.63, 3.8) is 0 Å². The molecule has 0 bridgehead atoms. The Morgan fingerprint density at radius 3 is 1.31 bits per heavy atom. The molecule has 0 aliphatic rings. The highest BCUT2D eigenvalue weighted by atomic mass is 15.1. The van der Waals surface area contributed by atoms with Gasteiger partial charge in [0, 0.05) is 17.1 Å². The second kappa shape index (κ2) is 14.0. The van der Waals surface area contributed by atoms with Gasteiger partial charge < -0.3 is 4.90 Å². The number of rotatable bonds is 7. The van der Waals surface area contributed by atoms with Crippen molar-refractivity contribution in [2.24, 2.45) is 0 Å². The molecule has 0 heterocycles. The summed E-state index contributed by atoms with van der Waals surface area (Å²) in [6, 6.07) is 81.4. The van der Waals surface area contributed by atoms with Crippen LogP contribution in [0.2, 0.25) is 0 Å². The Bertz CT molecular complexity index is 2930. The smallest absolute Gasteiger partial charge is 0.0467 e. The van der Waals surface area contributed by atoms with Gasteiger partial charge >= 0.3 is 0 Å². The molecule has 0 aromatic heterocycles. The SMILES string of the molecule is c1ccc(-c2ccc(-c3ccc(N(c4ccc(-c5cc6c7ccccc7ccc6c6ccccc56)cc4)c4cccc(-c5ccccc5)c4)cc3)cc2)cc1. The maximum Gasteiger partial charge on any atom is 0.0467 e. The monoisotopic (exact) mass is 699 g/mol. The van der Waals surface area contributed by atoms with Crippen molar-refractivity contribution in [1.82, 2.24) is 0 Å². The Balaban J connectivity index is 1.06. The molecule has 0 radical (unpaired) electrons. The normalized spacial score (nSPS) is 11.3. The highest BCUT2D eigenvalue weighted by molar-refractivity contribution is 6.21. The maximum atomic E-state index is 2.39. The molecule has 0 fully saturated rings. The van der Waals surface area contributed by atoms with E-state index in [1.54, 1.807) is 0 Å². The fraction of sp³-hybridized carbons (Fsp3) is 0. The molecule has 10 aromatic rings. The lowest BCUT2D eigenvalue weighted by Gasteiger charge is -2.26. The fourth-order valence-corrected chi connectivity index (χ4v) is 8.08. The maximum absolute atomic E-state index is 2.39. The van der Waals surface area contributed by atoms with Crippen LogP contribution in [-0.4, -0.2) is 0 Å². The fourth-order valence-electron chi connectivity index (χ4n) is 8.08. The van der Waals surface area contributed by atoms with E-state index < -0.39 is 0 Å². The number of hydrogen-bond acceptors (Lipinski definition) is 1. The van der Waals surface area contributed by atoms with Gasteiger partial charge in [0.05, 0.1) is 0 Å². The summed E-state index contributed by atoms with van der Waals surface area (Å²) in [5.41, 5.74) is 13.0. The summed E-state index contributed by atoms with van der Waals surface area (Å²) >= 11 is 0. The van der Waals surface area contributed by atoms with Crippen LogP contribution in [0.5, 0.6) is 0 Å². The molecule has 0 atom stereocenters. The molecule has 0 aliphatic heterocycles. The first-order valence-electron chi connectivity index (χ1n) is 18.9. The van der Waals surface area contributed by atoms with Gasteiger partial charge in [0.1, 0.15) is 0 Å². The third kappa shape index (κ3) is 6.12. The summed E-state index contributed by atoms with van der Waals surface area (Å²) in [4.78, 5) is 2.37. The molecule has 0 aliphatic carbocycles. The average molecular weight is 700 g/mol. The lowest BCUT2D eigenvalue weighted by atomic mass is 9.91. The van der Waals surface area contributed by atoms with Crippen LogP contribution in [0.3, 0.4) is 0 Å². The van der Waals surface area contributed by atoms with Crippen molar-refractivity contribution in [3.8, 4) is 44.5 Å². The van der Waals surface area contributed by atoms with Crippen LogP contribution in [0.4, 0.5) is 17.1 Å². The highest BCUT2D eigenvalue weighted by Crippen LogP contribution is 2.41. The first-order valence-corrected chi connectivity index (χ1v) is 18.9. The first-order chi connectivity index (χ1) is 27.3. The van der Waals surface area contributed by atoms with Crippen LogP contribution in [-0.2, 0) is 0 Å². The van der Waals surface area contributed by atoms with E-state index in [0.29, 0.717) is 0 Å². The van der Waals surface area contributed by atoms with E-state index in [2.05, 4.69) is 229 Å². The van der Waals surface area contributed by atoms with Gasteiger partial charge in [-0.25, -0.2) is 0 Å². The molecule has 258 valence electrons. The predicted octanol–water partition coefficient (Wildman–Crippen LogP) is 15.3. The minimum atomic E-state index is 1.10. The van der Waals surface area contributed by atoms with Crippen LogP contribution < -0.4 is 4.90 Å². The zero-order chi connectivity index (χ0) is 36.6. The number of hydrogen-bond donors (Lipinski definition) is 0. The van der Waals surface area contributed by atoms with E-state index >= 15 is 0 Å². The Morgan fingerprint density at radius 1 is 0.218 bits per heavy atom. The molecule has 0 amide bonds. The molecule has 0 unspecified atom stereocenters. The molecule has 0 spiro atoms. The Hall–Kier alpha value is -7.22. The molecular weight excluding hydrogens is 663 g/mol. The second-order valence-corrected chi connectivity index (χ2v) is 14.1. The summed E-state index contributed by atoms with van der Waals surface area (Å²) in [6.07, 6.45) is 0. The van der Waals surface area contributed by atoms with Gasteiger partial charge in [0.2, 0.25) is 0 Å². The first kappa shape index (κ1) is 32.4. The molecule has 0 N–H and O–H groups in total. The standard InChI is InChI=1S/C54H37N/c1-3-12-38(13-4-1)40-22-24-41(25-23-40)42-26-31-46(32-27-42)55(48-18-11-17-45(36-48)39-14-5-2-6-15-39)47-33-28-44(29-34-47)53-37-54-49-19-8-7-16-43(49)30-35-52(54)50-20-9-10-21-51(50)53/h1-37H. The quantitative estimate of drug-likeness (QED) is 0.150. The Kier molecular flexibility index (Phi) is 8.24. The number of fused-ring (bicyclic) bond motifs is 5. The molecule has 1 heteroatoms. The van der Waals surface area contributed by atoms with Gasteiger partial charge in [-0.2, -0.15) is 0 Å². The van der Waals surface area contributed by atoms with Crippen molar-refractivity contribution in [2.75, 3.05) is 4.90 Å². The number of benzene rings is 10. The van der Waals surface area contributed by atoms with Gasteiger partial charge in [-0.1, -0.05) is 182 Å². The summed E-state index contributed by atoms with van der Waals surface area (Å²) < 4.78 is 0. The largest absolute Gasteiger partial charge is 0.310 e. The minimum absolute atomic E-state index is 1.10. The van der Waals surface area contributed by atoms with Crippen molar-refractivity contribution < 1.29 is 0 Å². The molecule has 1 nitrogen and oxygen atoms in total. The molecule has 10 aromatic carbocycles. The van der Waals surface area contributed by atoms with E-state index in [-0.39, 0.29) is 0 Å². The summed E-state index contributed by atoms with van der Waals surface area (Å²) in [6.45, 7) is 0. The van der Waals surface area contributed by atoms with E-state index in [0.717, 1.165) is 17.1 Å². The van der Waals surface area contributed by atoms with E-state index in [9.17, 15) is 0 Å². The van der Waals surface area contributed by atoms with Crippen LogP contribution >= 0.6 is 0 Å². The topological polar surface area (TPSA) is 3.24 Å². The second-order valence-electron chi connectivity index (χ2n) is 14.1. The Morgan fingerprint density at radius 2 is 0.673 bits per heavy atom. The number of nitrogens with zero attached hydrogens (tertiary/aromatic N) is 1. The van der Waals surface area contributed by atoms with Crippen molar-refractivity contribution in [2.45, 2.75) is 0 Å². The minimum Gasteiger partial charge on any atom is -0.310 e. The average Bonchev–Trinajstić information content (AvgIpc) is 3.27. The van der Waals surface area contributed by atoms with Gasteiger partial charge in [-0.05, 0) is 119 Å². The van der Waals surface area contributed by atoms with Crippen molar-refractivity contribution in [1.29, 1.82) is 0 Å². The molecular formula is C54H37N. The lowest BCUT2D eigenvalue weighted by molar-refractivity contribution is 1.28. The zero-order valence-corrected chi connectivity index (χ0v) is 30.3. The lowest BCUT2D eigenvalue weighted by Crippen LogP contribution is -2.10. The van der Waals surface area contributed by atoms with Gasteiger partial charge in [0.15, 0.2) is 0 Å². The van der Waals surface area contributed by atoms with Crippen molar-refractivity contribution >= 4 is 49.4 Å². The third-order valence-electron chi connectivity index (χ3n) is 10.9. The van der Waals surface area contributed by atoms with Gasteiger partial charge in [-0.3, -0.25) is 0 Å². The Labute approximate surface area is 322 Å². The van der Waals surface area contributed by atoms with Crippen LogP contribution in [0.15, 0.2) is 224 Å². The van der Waals surface area contributed by atoms with Crippen LogP contribution in [0, 0.1) is 0 Å². The zero-order valence-electron chi connectivity index (χ0n) is 30.3. The van der Waals surface area contributed by atoms with Crippen molar-refractivity contribution in [3.05, 3.63) is 224 Å². The number of anilines is 3. The summed E-state index contributed by atoms with van der Waals surface area (Å²) in [7, 11) is 0. The van der Waals surface area contributed by atoms with Gasteiger partial charge in [-0.15, -0.1) is 0 Å².